The molecule has 0 amide bonds. The smallest absolute Gasteiger partial charge is 0.0665 e. The van der Waals surface area contributed by atoms with Crippen LogP contribution >= 0.6 is 79.6 Å². The number of hydrogen-bond donors (Lipinski definition) is 1. The van der Waals surface area contributed by atoms with Crippen molar-refractivity contribution in [2.24, 2.45) is 0 Å². The lowest BCUT2D eigenvalue weighted by Gasteiger charge is -2.26. The molecule has 6 heteroatoms. The van der Waals surface area contributed by atoms with E-state index < -0.39 is 0 Å². The lowest BCUT2D eigenvalue weighted by molar-refractivity contribution is 0.156. The zero-order chi connectivity index (χ0) is 13.7. The van der Waals surface area contributed by atoms with Crippen LogP contribution in [0, 0.1) is 0 Å². The van der Waals surface area contributed by atoms with E-state index in [1.54, 1.807) is 0 Å². The zero-order valence-corrected chi connectivity index (χ0v) is 18.0. The summed E-state index contributed by atoms with van der Waals surface area (Å²) in [7, 11) is 0. The van der Waals surface area contributed by atoms with E-state index in [2.05, 4.69) is 79.6 Å². The van der Waals surface area contributed by atoms with Crippen molar-refractivity contribution >= 4 is 79.6 Å². The van der Waals surface area contributed by atoms with E-state index in [0.29, 0.717) is 19.3 Å². The van der Waals surface area contributed by atoms with Crippen molar-refractivity contribution in [1.29, 1.82) is 0 Å². The molecule has 0 aromatic carbocycles. The maximum absolute atomic E-state index is 10.1. The van der Waals surface area contributed by atoms with Crippen molar-refractivity contribution in [3.8, 4) is 0 Å². The van der Waals surface area contributed by atoms with Crippen LogP contribution in [0.2, 0.25) is 0 Å². The third-order valence-electron chi connectivity index (χ3n) is 3.38. The van der Waals surface area contributed by atoms with Gasteiger partial charge >= 0.3 is 0 Å². The molecule has 1 fully saturated rings. The Morgan fingerprint density at radius 3 is 1.17 bits per heavy atom. The molecule has 0 bridgehead atoms. The predicted octanol–water partition coefficient (Wildman–Crippen LogP) is 5.52. The number of aliphatic hydroxyl groups excluding tert-OH is 1. The van der Waals surface area contributed by atoms with Crippen molar-refractivity contribution in [3.63, 3.8) is 0 Å². The molecule has 0 aromatic heterocycles. The first-order valence-electron chi connectivity index (χ1n) is 6.30. The van der Waals surface area contributed by atoms with Gasteiger partial charge in [0.2, 0.25) is 0 Å². The van der Waals surface area contributed by atoms with Gasteiger partial charge in [-0.05, 0) is 38.5 Å². The quantitative estimate of drug-likeness (QED) is 0.376. The van der Waals surface area contributed by atoms with Gasteiger partial charge < -0.3 is 5.11 Å². The Morgan fingerprint density at radius 1 is 0.500 bits per heavy atom. The highest BCUT2D eigenvalue weighted by molar-refractivity contribution is 9.12. The Labute approximate surface area is 152 Å². The van der Waals surface area contributed by atoms with Crippen molar-refractivity contribution in [1.82, 2.24) is 0 Å². The van der Waals surface area contributed by atoms with E-state index in [4.69, 9.17) is 0 Å². The summed E-state index contributed by atoms with van der Waals surface area (Å²) in [5.74, 6) is 0. The normalized spacial score (nSPS) is 45.0. The minimum absolute atomic E-state index is 0.199. The molecule has 1 aliphatic rings. The van der Waals surface area contributed by atoms with Crippen molar-refractivity contribution < 1.29 is 5.11 Å². The lowest BCUT2D eigenvalue weighted by Crippen LogP contribution is -2.27. The van der Waals surface area contributed by atoms with Crippen LogP contribution in [0.4, 0.5) is 0 Å². The Bertz CT molecular complexity index is 178. The van der Waals surface area contributed by atoms with Crippen LogP contribution < -0.4 is 0 Å². The zero-order valence-electron chi connectivity index (χ0n) is 10.0. The first kappa shape index (κ1) is 18.4. The standard InChI is InChI=1S/C12H19Br5O/c13-7-1-2-8(14)10(16)5-6-12(18)11(17)4-3-9(7)15/h7-12,18H,1-6H2/t7-,8-,9+,10+,11-,12?/m1/s1. The minimum atomic E-state index is -0.252. The molecule has 0 spiro atoms. The maximum atomic E-state index is 10.1. The van der Waals surface area contributed by atoms with E-state index in [1.165, 1.54) is 0 Å². The molecule has 0 aliphatic heterocycles. The summed E-state index contributed by atoms with van der Waals surface area (Å²) in [6.07, 6.45) is 5.98. The molecule has 1 aliphatic carbocycles. The highest BCUT2D eigenvalue weighted by Gasteiger charge is 2.25. The van der Waals surface area contributed by atoms with Crippen LogP contribution in [0.25, 0.3) is 0 Å². The molecular weight excluding hydrogens is 560 g/mol. The fourth-order valence-corrected chi connectivity index (χ4v) is 4.71. The second kappa shape index (κ2) is 9.39. The molecule has 6 atom stereocenters. The molecule has 1 saturated carbocycles. The first-order valence-corrected chi connectivity index (χ1v) is 10.9. The van der Waals surface area contributed by atoms with Gasteiger partial charge in [0, 0.05) is 24.1 Å². The average molecular weight is 579 g/mol. The first-order chi connectivity index (χ1) is 8.41. The maximum Gasteiger partial charge on any atom is 0.0665 e. The third-order valence-corrected chi connectivity index (χ3v) is 10.2. The van der Waals surface area contributed by atoms with Crippen LogP contribution in [-0.4, -0.2) is 35.3 Å². The van der Waals surface area contributed by atoms with Gasteiger partial charge in [-0.15, -0.1) is 0 Å². The van der Waals surface area contributed by atoms with E-state index in [1.807, 2.05) is 0 Å². The van der Waals surface area contributed by atoms with Gasteiger partial charge in [0.1, 0.15) is 0 Å². The SMILES string of the molecule is OC1CC[C@H](Br)[C@H](Br)CC[C@@H](Br)[C@@H](Br)CC[C@H]1Br. The van der Waals surface area contributed by atoms with Crippen molar-refractivity contribution in [2.75, 3.05) is 0 Å². The number of halogens is 5. The molecule has 1 nitrogen and oxygen atoms in total. The second-order valence-corrected chi connectivity index (χ2v) is 10.8. The van der Waals surface area contributed by atoms with Gasteiger partial charge in [-0.3, -0.25) is 0 Å². The van der Waals surface area contributed by atoms with Gasteiger partial charge in [-0.25, -0.2) is 0 Å². The summed E-state index contributed by atoms with van der Waals surface area (Å²) in [5, 5.41) is 10.1. The third kappa shape index (κ3) is 6.42. The molecule has 0 heterocycles. The van der Waals surface area contributed by atoms with Crippen LogP contribution in [0.5, 0.6) is 0 Å². The largest absolute Gasteiger partial charge is 0.392 e. The number of rotatable bonds is 0. The van der Waals surface area contributed by atoms with Crippen LogP contribution in [0.15, 0.2) is 0 Å². The summed E-state index contributed by atoms with van der Waals surface area (Å²) in [4.78, 5) is 2.06. The average Bonchev–Trinajstić information content (AvgIpc) is 2.36. The molecule has 18 heavy (non-hydrogen) atoms. The van der Waals surface area contributed by atoms with E-state index in [-0.39, 0.29) is 10.9 Å². The van der Waals surface area contributed by atoms with Crippen molar-refractivity contribution in [2.45, 2.75) is 68.8 Å². The summed E-state index contributed by atoms with van der Waals surface area (Å²) in [5.41, 5.74) is 0. The number of alkyl halides is 5. The fraction of sp³-hybridized carbons (Fsp3) is 1.00. The molecule has 0 aromatic rings. The second-order valence-electron chi connectivity index (χ2n) is 4.88. The molecule has 1 rings (SSSR count). The summed E-state index contributed by atoms with van der Waals surface area (Å²) in [6.45, 7) is 0. The highest BCUT2D eigenvalue weighted by atomic mass is 79.9. The molecule has 108 valence electrons. The van der Waals surface area contributed by atoms with E-state index in [0.717, 1.165) is 38.5 Å². The molecule has 0 saturated heterocycles. The Balaban J connectivity index is 2.61. The lowest BCUT2D eigenvalue weighted by atomic mass is 9.99. The van der Waals surface area contributed by atoms with Crippen molar-refractivity contribution in [3.05, 3.63) is 0 Å². The Hall–Kier alpha value is 2.36. The number of aliphatic hydroxyl groups is 1. The minimum Gasteiger partial charge on any atom is -0.392 e. The fourth-order valence-electron chi connectivity index (χ4n) is 2.06. The van der Waals surface area contributed by atoms with Gasteiger partial charge in [0.05, 0.1) is 6.10 Å². The van der Waals surface area contributed by atoms with E-state index in [9.17, 15) is 5.11 Å². The molecule has 1 N–H and O–H groups in total. The van der Waals surface area contributed by atoms with Gasteiger partial charge in [0.15, 0.2) is 0 Å². The van der Waals surface area contributed by atoms with Gasteiger partial charge in [0.25, 0.3) is 0 Å². The van der Waals surface area contributed by atoms with Crippen LogP contribution in [0.1, 0.15) is 38.5 Å². The summed E-state index contributed by atoms with van der Waals surface area (Å²) < 4.78 is 0. The monoisotopic (exact) mass is 574 g/mol. The van der Waals surface area contributed by atoms with Crippen LogP contribution in [-0.2, 0) is 0 Å². The Kier molecular flexibility index (Phi) is 9.61. The van der Waals surface area contributed by atoms with E-state index >= 15 is 0 Å². The van der Waals surface area contributed by atoms with Crippen LogP contribution in [0.3, 0.4) is 0 Å². The predicted molar refractivity (Wildman–Crippen MR) is 97.3 cm³/mol. The topological polar surface area (TPSA) is 20.2 Å². The molecule has 1 unspecified atom stereocenters. The molecular formula is C12H19Br5O. The number of hydrogen-bond acceptors (Lipinski definition) is 1. The molecule has 0 radical (unpaired) electrons. The summed E-state index contributed by atoms with van der Waals surface area (Å²) in [6, 6.07) is 0. The van der Waals surface area contributed by atoms with Gasteiger partial charge in [-0.1, -0.05) is 79.6 Å². The highest BCUT2D eigenvalue weighted by Crippen LogP contribution is 2.32. The van der Waals surface area contributed by atoms with Gasteiger partial charge in [-0.2, -0.15) is 0 Å². The summed E-state index contributed by atoms with van der Waals surface area (Å²) >= 11 is 18.6. The Morgan fingerprint density at radius 2 is 0.778 bits per heavy atom.